The second-order valence-electron chi connectivity index (χ2n) is 30.2. The van der Waals surface area contributed by atoms with E-state index in [0.717, 1.165) is 20.8 Å². The van der Waals surface area contributed by atoms with Gasteiger partial charge >= 0.3 is 0 Å². The van der Waals surface area contributed by atoms with Gasteiger partial charge in [-0.2, -0.15) is 0 Å². The van der Waals surface area contributed by atoms with Crippen molar-refractivity contribution in [3.05, 3.63) is 0 Å². The van der Waals surface area contributed by atoms with Crippen molar-refractivity contribution < 1.29 is 242 Å². The molecule has 10 heterocycles. The Morgan fingerprint density at radius 1 is 0.237 bits per heavy atom. The fourth-order valence-corrected chi connectivity index (χ4v) is 15.3. The van der Waals surface area contributed by atoms with Gasteiger partial charge < -0.3 is 244 Å². The third kappa shape index (κ3) is 21.0. The number of aliphatic hydroxyl groups is 27. The molecular formula is C66H111N3O49. The molecule has 1 unspecified atom stereocenters. The number of aliphatic hydroxyl groups excluding tert-OH is 27. The van der Waals surface area contributed by atoms with Crippen LogP contribution in [0.25, 0.3) is 0 Å². The molecule has 0 aromatic heterocycles. The SMILES string of the molecule is CC(=O)N[C@H]1[C@H](O[C@H]2[C@@H](O)[C@@H](CO)O[C@@H](OC[C@H]3OC(O)[C@H](NC(C)=O)[C@@H](O[C@@H]4O[C@H](CO[C@@H]5O[C@H](CO)[C@H](O)[C@H](O)[C@H]5O)[C@H](O)[C@H](O[C@@H]5O[C@H](CO)[C@@H](O[C@@H]6O[C@H](CO)[C@H](O)[C@H](O)[C@H]6O)[C@H](O[C@@H]6O[C@@H](C)[C@@H](O)[C@@H](O)[C@@H]6O)[C@H]5NC(C)=O)[C@H]4O)[C@H]3O)[C@@H]2O)O[C@H](CO)[C@@H](O[C@@H]2O[C@H](CO)[C@H](O)[C@H](O)[C@H]2O)[C@@H]1O[C@@H]1O[C@@H](C)[C@@H](O)[C@@H](O)[C@@H]1O. The Morgan fingerprint density at radius 3 is 0.856 bits per heavy atom. The number of carbonyl (C=O) groups is 3. The number of nitrogens with one attached hydrogen (secondary N) is 3. The summed E-state index contributed by atoms with van der Waals surface area (Å²) < 4.78 is 113. The van der Waals surface area contributed by atoms with E-state index in [2.05, 4.69) is 16.0 Å². The molecule has 0 saturated carbocycles. The smallest absolute Gasteiger partial charge is 0.217 e. The van der Waals surface area contributed by atoms with Crippen molar-refractivity contribution >= 4 is 17.7 Å². The molecule has 52 heteroatoms. The summed E-state index contributed by atoms with van der Waals surface area (Å²) in [6.07, 6.45) is -96.0. The van der Waals surface area contributed by atoms with Crippen LogP contribution < -0.4 is 16.0 Å². The summed E-state index contributed by atoms with van der Waals surface area (Å²) in [5.74, 6) is -2.93. The van der Waals surface area contributed by atoms with E-state index >= 15 is 0 Å². The van der Waals surface area contributed by atoms with Gasteiger partial charge in [0.15, 0.2) is 62.9 Å². The number of hydrogen-bond donors (Lipinski definition) is 30. The Morgan fingerprint density at radius 2 is 0.483 bits per heavy atom. The highest BCUT2D eigenvalue weighted by molar-refractivity contribution is 5.74. The Balaban J connectivity index is 0.945. The van der Waals surface area contributed by atoms with Crippen molar-refractivity contribution in [3.8, 4) is 0 Å². The van der Waals surface area contributed by atoms with Crippen LogP contribution in [0.15, 0.2) is 0 Å². The average Bonchev–Trinajstić information content (AvgIpc) is 0.761. The minimum Gasteiger partial charge on any atom is -0.394 e. The zero-order valence-corrected chi connectivity index (χ0v) is 63.6. The molecule has 0 radical (unpaired) electrons. The van der Waals surface area contributed by atoms with Crippen LogP contribution in [-0.2, 0) is 104 Å². The van der Waals surface area contributed by atoms with Crippen molar-refractivity contribution in [1.29, 1.82) is 0 Å². The summed E-state index contributed by atoms with van der Waals surface area (Å²) in [6.45, 7) is -3.36. The highest BCUT2D eigenvalue weighted by Gasteiger charge is 2.62. The van der Waals surface area contributed by atoms with Gasteiger partial charge in [0, 0.05) is 20.8 Å². The fraction of sp³-hybridized carbons (Fsp3) is 0.955. The Bertz CT molecular complexity index is 3140. The number of rotatable bonds is 29. The maximum atomic E-state index is 13.5. The molecule has 0 spiro atoms. The quantitative estimate of drug-likeness (QED) is 0.0331. The topological polar surface area (TPSA) is 809 Å². The molecule has 10 aliphatic heterocycles. The largest absolute Gasteiger partial charge is 0.394 e. The molecule has 3 amide bonds. The highest BCUT2D eigenvalue weighted by Crippen LogP contribution is 2.41. The maximum Gasteiger partial charge on any atom is 0.217 e. The van der Waals surface area contributed by atoms with Crippen LogP contribution >= 0.6 is 0 Å². The Kier molecular flexibility index (Phi) is 34.3. The van der Waals surface area contributed by atoms with Gasteiger partial charge in [-0.25, -0.2) is 0 Å². The summed E-state index contributed by atoms with van der Waals surface area (Å²) in [4.78, 5) is 39.7. The molecule has 50 atom stereocenters. The number of ether oxygens (including phenoxy) is 19. The maximum absolute atomic E-state index is 13.5. The predicted molar refractivity (Wildman–Crippen MR) is 362 cm³/mol. The van der Waals surface area contributed by atoms with Crippen molar-refractivity contribution in [3.63, 3.8) is 0 Å². The van der Waals surface area contributed by atoms with E-state index in [1.807, 2.05) is 0 Å². The standard InChI is InChI=1S/C66H111N3O49/c1-14-30(79)38(87)44(93)62(102-14)115-53-28(68-17(4)77)58(109-23(10-74)50(53)112-64-46(95)41(90)33(82)20(7-71)107-64)117-55-35(84)22(9-73)106-61(48(55)97)101-12-25-36(85)52(27(57(99)104-25)67-16(3)76)114-66-49(98)56(37(86)26(111-66)13-100-60-43(92)40(89)32(81)19(6-70)105-60)118-59-29(69-18(5)78)54(116-63-45(94)39(88)31(80)15(2)103-63)51(24(11-75)110-59)113-65-47(96)42(91)34(83)21(8-72)108-65/h14-15,19-66,70-75,79-99H,6-13H2,1-5H3,(H,67,76)(H,68,77)(H,69,78)/t14-,15-,19+,20+,21+,22+,23+,24+,25+,26+,27+,28+,29+,30+,31+,32-,33-,34-,35-,36-,37-,38+,39+,40-,41-,42-,43+,44-,45-,46+,47+,48+,49+,50+,51+,52+,53+,54+,55-,56-,57?,58-,59-,60+,61+,62-,63-,64-,65-,66-/m0/s1. The lowest BCUT2D eigenvalue weighted by atomic mass is 9.93. The van der Waals surface area contributed by atoms with Crippen LogP contribution in [0, 0.1) is 0 Å². The van der Waals surface area contributed by atoms with E-state index in [1.54, 1.807) is 0 Å². The molecule has 10 saturated heterocycles. The van der Waals surface area contributed by atoms with Gasteiger partial charge in [-0.05, 0) is 13.8 Å². The van der Waals surface area contributed by atoms with Crippen molar-refractivity contribution in [2.45, 2.75) is 341 Å². The Hall–Kier alpha value is -3.43. The van der Waals surface area contributed by atoms with Crippen LogP contribution in [0.3, 0.4) is 0 Å². The molecule has 0 aliphatic carbocycles. The molecular weight excluding hydrogens is 1620 g/mol. The summed E-state index contributed by atoms with van der Waals surface area (Å²) in [6, 6.07) is -5.93. The molecule has 10 fully saturated rings. The van der Waals surface area contributed by atoms with Crippen LogP contribution in [0.1, 0.15) is 34.6 Å². The van der Waals surface area contributed by atoms with Crippen LogP contribution in [0.4, 0.5) is 0 Å². The zero-order chi connectivity index (χ0) is 86.8. The molecule has 10 rings (SSSR count). The van der Waals surface area contributed by atoms with Crippen LogP contribution in [-0.4, -0.2) is 515 Å². The van der Waals surface area contributed by atoms with E-state index in [0.29, 0.717) is 0 Å². The highest BCUT2D eigenvalue weighted by atomic mass is 16.8. The first-order valence-corrected chi connectivity index (χ1v) is 37.9. The van der Waals surface area contributed by atoms with Gasteiger partial charge in [0.2, 0.25) is 17.7 Å². The number of carbonyl (C=O) groups excluding carboxylic acids is 3. The number of hydrogen-bond acceptors (Lipinski definition) is 49. The summed E-state index contributed by atoms with van der Waals surface area (Å²) in [5, 5.41) is 306. The lowest BCUT2D eigenvalue weighted by Gasteiger charge is -2.52. The van der Waals surface area contributed by atoms with E-state index < -0.39 is 377 Å². The third-order valence-electron chi connectivity index (χ3n) is 22.0. The molecule has 0 aromatic rings. The normalized spacial score (nSPS) is 51.1. The molecule has 0 bridgehead atoms. The molecule has 118 heavy (non-hydrogen) atoms. The van der Waals surface area contributed by atoms with Crippen LogP contribution in [0.5, 0.6) is 0 Å². The van der Waals surface area contributed by atoms with E-state index in [-0.39, 0.29) is 0 Å². The molecule has 684 valence electrons. The van der Waals surface area contributed by atoms with Crippen molar-refractivity contribution in [2.75, 3.05) is 52.9 Å². The average molecular weight is 1730 g/mol. The van der Waals surface area contributed by atoms with Gasteiger partial charge in [0.1, 0.15) is 232 Å². The second-order valence-corrected chi connectivity index (χ2v) is 30.2. The fourth-order valence-electron chi connectivity index (χ4n) is 15.3. The zero-order valence-electron chi connectivity index (χ0n) is 63.6. The minimum atomic E-state index is -2.55. The molecule has 10 aliphatic rings. The van der Waals surface area contributed by atoms with Gasteiger partial charge in [-0.1, -0.05) is 0 Å². The first-order chi connectivity index (χ1) is 55.7. The van der Waals surface area contributed by atoms with Gasteiger partial charge in [-0.15, -0.1) is 0 Å². The van der Waals surface area contributed by atoms with Gasteiger partial charge in [-0.3, -0.25) is 14.4 Å². The third-order valence-corrected chi connectivity index (χ3v) is 22.0. The second kappa shape index (κ2) is 41.8. The lowest BCUT2D eigenvalue weighted by Crippen LogP contribution is -2.71. The summed E-state index contributed by atoms with van der Waals surface area (Å²) in [7, 11) is 0. The summed E-state index contributed by atoms with van der Waals surface area (Å²) in [5.41, 5.74) is 0. The van der Waals surface area contributed by atoms with Crippen LogP contribution in [0.2, 0.25) is 0 Å². The van der Waals surface area contributed by atoms with E-state index in [9.17, 15) is 152 Å². The first-order valence-electron chi connectivity index (χ1n) is 37.9. The molecule has 30 N–H and O–H groups in total. The predicted octanol–water partition coefficient (Wildman–Crippen LogP) is -20.3. The molecule has 0 aromatic carbocycles. The van der Waals surface area contributed by atoms with Gasteiger partial charge in [0.05, 0.1) is 65.1 Å². The van der Waals surface area contributed by atoms with E-state index in [4.69, 9.17) is 90.0 Å². The molecule has 52 nitrogen and oxygen atoms in total. The number of amides is 3. The van der Waals surface area contributed by atoms with Gasteiger partial charge in [0.25, 0.3) is 0 Å². The minimum absolute atomic E-state index is 0.921. The first kappa shape index (κ1) is 96.8. The van der Waals surface area contributed by atoms with E-state index in [1.165, 1.54) is 13.8 Å². The summed E-state index contributed by atoms with van der Waals surface area (Å²) >= 11 is 0. The monoisotopic (exact) mass is 1730 g/mol. The van der Waals surface area contributed by atoms with Crippen molar-refractivity contribution in [2.24, 2.45) is 0 Å². The van der Waals surface area contributed by atoms with Crippen molar-refractivity contribution in [1.82, 2.24) is 16.0 Å². The Labute approximate surface area is 668 Å². The lowest BCUT2D eigenvalue weighted by molar-refractivity contribution is -0.392.